The summed E-state index contributed by atoms with van der Waals surface area (Å²) in [6.45, 7) is 3.44. The first-order valence-electron chi connectivity index (χ1n) is 12.6. The predicted octanol–water partition coefficient (Wildman–Crippen LogP) is 3.47. The van der Waals surface area contributed by atoms with Crippen molar-refractivity contribution in [3.8, 4) is 11.1 Å². The Balaban J connectivity index is 1.11. The summed E-state index contributed by atoms with van der Waals surface area (Å²) in [6, 6.07) is 4.27. The van der Waals surface area contributed by atoms with Gasteiger partial charge in [-0.3, -0.25) is 4.68 Å². The van der Waals surface area contributed by atoms with Gasteiger partial charge in [0.25, 0.3) is 0 Å². The van der Waals surface area contributed by atoms with Gasteiger partial charge in [0.1, 0.15) is 0 Å². The highest BCUT2D eigenvalue weighted by Gasteiger charge is 2.25. The Morgan fingerprint density at radius 3 is 2.29 bits per heavy atom. The third-order valence-electron chi connectivity index (χ3n) is 7.53. The van der Waals surface area contributed by atoms with Crippen LogP contribution in [0.2, 0.25) is 0 Å². The molecule has 0 amide bonds. The van der Waals surface area contributed by atoms with Crippen LogP contribution in [0.15, 0.2) is 49.3 Å². The van der Waals surface area contributed by atoms with E-state index in [4.69, 9.17) is 0 Å². The van der Waals surface area contributed by atoms with Crippen LogP contribution < -0.4 is 9.80 Å². The minimum atomic E-state index is -0.449. The van der Waals surface area contributed by atoms with Gasteiger partial charge in [-0.25, -0.2) is 14.5 Å². The molecule has 4 aromatic rings. The summed E-state index contributed by atoms with van der Waals surface area (Å²) >= 11 is 0. The SMILES string of the molecule is Cn1cc(-c2ccc3c(N4CCN(c5ncc(C(O)C6CCCCC6)cn5)CC4)cnn3c2)cn1. The van der Waals surface area contributed by atoms with Crippen molar-refractivity contribution in [2.75, 3.05) is 36.0 Å². The molecule has 1 atom stereocenters. The highest BCUT2D eigenvalue weighted by Crippen LogP contribution is 2.34. The number of pyridine rings is 1. The highest BCUT2D eigenvalue weighted by molar-refractivity contribution is 5.75. The Bertz CT molecular complexity index is 1280. The van der Waals surface area contributed by atoms with Crippen molar-refractivity contribution in [1.29, 1.82) is 0 Å². The standard InChI is InChI=1S/C26H32N8O/c1-31-17-22(15-29-31)20-7-8-23-24(16-30-34(23)18-20)32-9-11-33(12-10-32)26-27-13-21(14-28-26)25(35)19-5-3-2-4-6-19/h7-8,13-19,25,35H,2-6,9-12H2,1H3. The molecule has 5 heterocycles. The number of anilines is 2. The van der Waals surface area contributed by atoms with Crippen molar-refractivity contribution < 1.29 is 5.11 Å². The van der Waals surface area contributed by atoms with Gasteiger partial charge in [-0.15, -0.1) is 0 Å². The largest absolute Gasteiger partial charge is 0.388 e. The van der Waals surface area contributed by atoms with E-state index in [9.17, 15) is 5.11 Å². The van der Waals surface area contributed by atoms with E-state index in [1.807, 2.05) is 47.2 Å². The van der Waals surface area contributed by atoms with Gasteiger partial charge in [-0.2, -0.15) is 10.2 Å². The molecule has 9 heteroatoms. The maximum Gasteiger partial charge on any atom is 0.225 e. The van der Waals surface area contributed by atoms with Crippen LogP contribution in [0.4, 0.5) is 11.6 Å². The molecule has 1 aliphatic heterocycles. The number of rotatable bonds is 5. The molecule has 2 aliphatic rings. The molecule has 4 aromatic heterocycles. The molecular weight excluding hydrogens is 440 g/mol. The van der Waals surface area contributed by atoms with Crippen LogP contribution in [0, 0.1) is 5.92 Å². The Hall–Kier alpha value is -3.46. The zero-order chi connectivity index (χ0) is 23.8. The number of aryl methyl sites for hydroxylation is 1. The molecule has 1 unspecified atom stereocenters. The summed E-state index contributed by atoms with van der Waals surface area (Å²) in [5, 5.41) is 19.6. The lowest BCUT2D eigenvalue weighted by molar-refractivity contribution is 0.0842. The first-order valence-corrected chi connectivity index (χ1v) is 12.6. The van der Waals surface area contributed by atoms with E-state index in [0.717, 1.165) is 72.9 Å². The van der Waals surface area contributed by atoms with Crippen LogP contribution in [-0.4, -0.2) is 60.6 Å². The molecule has 1 N–H and O–H groups in total. The van der Waals surface area contributed by atoms with Crippen LogP contribution in [0.1, 0.15) is 43.8 Å². The second kappa shape index (κ2) is 9.30. The zero-order valence-electron chi connectivity index (χ0n) is 20.2. The average Bonchev–Trinajstić information content (AvgIpc) is 3.55. The van der Waals surface area contributed by atoms with Gasteiger partial charge < -0.3 is 14.9 Å². The molecule has 1 saturated heterocycles. The second-order valence-corrected chi connectivity index (χ2v) is 9.81. The zero-order valence-corrected chi connectivity index (χ0v) is 20.2. The Morgan fingerprint density at radius 1 is 0.829 bits per heavy atom. The van der Waals surface area contributed by atoms with Gasteiger partial charge in [0.15, 0.2) is 0 Å². The van der Waals surface area contributed by atoms with Crippen molar-refractivity contribution in [1.82, 2.24) is 29.4 Å². The predicted molar refractivity (Wildman–Crippen MR) is 135 cm³/mol. The third-order valence-corrected chi connectivity index (χ3v) is 7.53. The van der Waals surface area contributed by atoms with E-state index in [0.29, 0.717) is 5.92 Å². The third kappa shape index (κ3) is 4.36. The minimum absolute atomic E-state index is 0.341. The first kappa shape index (κ1) is 22.0. The molecule has 35 heavy (non-hydrogen) atoms. The number of piperazine rings is 1. The second-order valence-electron chi connectivity index (χ2n) is 9.81. The Labute approximate surface area is 205 Å². The van der Waals surface area contributed by atoms with Gasteiger partial charge in [-0.05, 0) is 24.8 Å². The maximum atomic E-state index is 10.7. The number of hydrogen-bond donors (Lipinski definition) is 1. The molecule has 0 spiro atoms. The van der Waals surface area contributed by atoms with E-state index in [-0.39, 0.29) is 0 Å². The van der Waals surface area contributed by atoms with E-state index in [2.05, 4.69) is 48.3 Å². The van der Waals surface area contributed by atoms with Crippen LogP contribution >= 0.6 is 0 Å². The van der Waals surface area contributed by atoms with Crippen LogP contribution in [0.5, 0.6) is 0 Å². The fourth-order valence-corrected chi connectivity index (χ4v) is 5.47. The maximum absolute atomic E-state index is 10.7. The van der Waals surface area contributed by atoms with Gasteiger partial charge in [0, 0.05) is 74.7 Å². The molecule has 2 fully saturated rings. The summed E-state index contributed by atoms with van der Waals surface area (Å²) in [5.74, 6) is 1.08. The van der Waals surface area contributed by atoms with Crippen LogP contribution in [-0.2, 0) is 7.05 Å². The quantitative estimate of drug-likeness (QED) is 0.476. The summed E-state index contributed by atoms with van der Waals surface area (Å²) in [7, 11) is 1.92. The van der Waals surface area contributed by atoms with Crippen molar-refractivity contribution >= 4 is 17.2 Å². The molecule has 6 rings (SSSR count). The van der Waals surface area contributed by atoms with Gasteiger partial charge >= 0.3 is 0 Å². The summed E-state index contributed by atoms with van der Waals surface area (Å²) in [4.78, 5) is 13.8. The van der Waals surface area contributed by atoms with Gasteiger partial charge in [0.2, 0.25) is 5.95 Å². The Morgan fingerprint density at radius 2 is 1.57 bits per heavy atom. The summed E-state index contributed by atoms with van der Waals surface area (Å²) in [5.41, 5.74) is 5.27. The summed E-state index contributed by atoms with van der Waals surface area (Å²) < 4.78 is 3.76. The fourth-order valence-electron chi connectivity index (χ4n) is 5.47. The lowest BCUT2D eigenvalue weighted by Crippen LogP contribution is -2.47. The number of aliphatic hydroxyl groups excluding tert-OH is 1. The topological polar surface area (TPSA) is 87.6 Å². The van der Waals surface area contributed by atoms with Crippen molar-refractivity contribution in [2.24, 2.45) is 13.0 Å². The van der Waals surface area contributed by atoms with E-state index < -0.39 is 6.10 Å². The lowest BCUT2D eigenvalue weighted by atomic mass is 9.83. The number of nitrogens with zero attached hydrogens (tertiary/aromatic N) is 8. The number of fused-ring (bicyclic) bond motifs is 1. The van der Waals surface area contributed by atoms with Gasteiger partial charge in [0.05, 0.1) is 29.7 Å². The van der Waals surface area contributed by atoms with E-state index in [1.54, 1.807) is 0 Å². The lowest BCUT2D eigenvalue weighted by Gasteiger charge is -2.35. The Kier molecular flexibility index (Phi) is 5.85. The smallest absolute Gasteiger partial charge is 0.225 e. The van der Waals surface area contributed by atoms with Gasteiger partial charge in [-0.1, -0.05) is 25.3 Å². The molecule has 182 valence electrons. The van der Waals surface area contributed by atoms with Crippen LogP contribution in [0.25, 0.3) is 16.6 Å². The summed E-state index contributed by atoms with van der Waals surface area (Å²) in [6.07, 6.45) is 17.0. The van der Waals surface area contributed by atoms with E-state index in [1.165, 1.54) is 19.3 Å². The van der Waals surface area contributed by atoms with Crippen molar-refractivity contribution in [3.05, 3.63) is 54.9 Å². The number of aliphatic hydroxyl groups is 1. The highest BCUT2D eigenvalue weighted by atomic mass is 16.3. The number of aromatic nitrogens is 6. The fraction of sp³-hybridized carbons (Fsp3) is 0.462. The van der Waals surface area contributed by atoms with Crippen molar-refractivity contribution in [3.63, 3.8) is 0 Å². The average molecular weight is 473 g/mol. The molecule has 1 saturated carbocycles. The van der Waals surface area contributed by atoms with Crippen LogP contribution in [0.3, 0.4) is 0 Å². The first-order chi connectivity index (χ1) is 17.2. The molecule has 0 bridgehead atoms. The molecular formula is C26H32N8O. The number of hydrogen-bond acceptors (Lipinski definition) is 7. The normalized spacial score (nSPS) is 18.3. The molecule has 1 aliphatic carbocycles. The minimum Gasteiger partial charge on any atom is -0.388 e. The van der Waals surface area contributed by atoms with E-state index >= 15 is 0 Å². The molecule has 0 radical (unpaired) electrons. The van der Waals surface area contributed by atoms with Crippen molar-refractivity contribution in [2.45, 2.75) is 38.2 Å². The molecule has 9 nitrogen and oxygen atoms in total. The molecule has 0 aromatic carbocycles. The monoisotopic (exact) mass is 472 g/mol.